The number of amides is 1. The van der Waals surface area contributed by atoms with E-state index in [1.807, 2.05) is 0 Å². The van der Waals surface area contributed by atoms with E-state index in [9.17, 15) is 14.4 Å². The molecule has 4 rings (SSSR count). The lowest BCUT2D eigenvalue weighted by atomic mass is 10.1. The lowest BCUT2D eigenvalue weighted by molar-refractivity contribution is -0.150. The number of rotatable bonds is 7. The van der Waals surface area contributed by atoms with Crippen molar-refractivity contribution in [3.63, 3.8) is 0 Å². The van der Waals surface area contributed by atoms with Gasteiger partial charge in [-0.05, 0) is 44.2 Å². The zero-order chi connectivity index (χ0) is 23.4. The van der Waals surface area contributed by atoms with Crippen LogP contribution in [0, 0.1) is 0 Å². The monoisotopic (exact) mass is 452 g/mol. The third-order valence-corrected chi connectivity index (χ3v) is 5.04. The van der Waals surface area contributed by atoms with Gasteiger partial charge in [0.1, 0.15) is 25.5 Å². The minimum Gasteiger partial charge on any atom is -0.486 e. The first-order chi connectivity index (χ1) is 16.0. The summed E-state index contributed by atoms with van der Waals surface area (Å²) in [6.07, 6.45) is 0.699. The van der Waals surface area contributed by atoms with Gasteiger partial charge in [0.25, 0.3) is 5.56 Å². The van der Waals surface area contributed by atoms with Gasteiger partial charge in [-0.25, -0.2) is 4.79 Å². The van der Waals surface area contributed by atoms with Crippen molar-refractivity contribution < 1.29 is 28.5 Å². The normalized spacial score (nSPS) is 13.3. The molecule has 1 aromatic heterocycles. The van der Waals surface area contributed by atoms with Crippen LogP contribution in [0.15, 0.2) is 53.5 Å². The summed E-state index contributed by atoms with van der Waals surface area (Å²) in [4.78, 5) is 37.4. The highest BCUT2D eigenvalue weighted by Gasteiger charge is 2.18. The molecule has 0 bridgehead atoms. The van der Waals surface area contributed by atoms with Crippen LogP contribution in [-0.4, -0.2) is 42.4 Å². The molecule has 1 aliphatic rings. The molecular formula is C24H24N2O7. The van der Waals surface area contributed by atoms with Gasteiger partial charge < -0.3 is 28.8 Å². The third kappa shape index (κ3) is 4.92. The molecule has 33 heavy (non-hydrogen) atoms. The number of benzene rings is 2. The summed E-state index contributed by atoms with van der Waals surface area (Å²) < 4.78 is 23.0. The Bertz CT molecular complexity index is 1250. The fraction of sp³-hybridized carbons (Fsp3) is 0.292. The Morgan fingerprint density at radius 3 is 2.67 bits per heavy atom. The molecule has 2 heterocycles. The maximum atomic E-state index is 13.0. The van der Waals surface area contributed by atoms with Crippen molar-refractivity contribution in [2.75, 3.05) is 25.1 Å². The minimum atomic E-state index is -0.824. The first-order valence-corrected chi connectivity index (χ1v) is 10.6. The number of carbonyl (C=O) groups is 2. The fourth-order valence-electron chi connectivity index (χ4n) is 3.49. The number of ether oxygens (including phenoxy) is 4. The fourth-order valence-corrected chi connectivity index (χ4v) is 3.49. The average molecular weight is 452 g/mol. The van der Waals surface area contributed by atoms with E-state index in [-0.39, 0.29) is 24.6 Å². The average Bonchev–Trinajstić information content (AvgIpc) is 2.81. The molecule has 0 spiro atoms. The number of fused-ring (bicyclic) bond motifs is 2. The topological polar surface area (TPSA) is 105 Å². The smallest absolute Gasteiger partial charge is 0.347 e. The molecular weight excluding hydrogens is 428 g/mol. The van der Waals surface area contributed by atoms with Crippen LogP contribution in [0.5, 0.6) is 17.2 Å². The second-order valence-corrected chi connectivity index (χ2v) is 7.38. The number of hydrogen-bond donors (Lipinski definition) is 1. The molecule has 0 saturated carbocycles. The van der Waals surface area contributed by atoms with Crippen molar-refractivity contribution in [2.45, 2.75) is 26.5 Å². The molecule has 0 fully saturated rings. The number of aromatic nitrogens is 1. The van der Waals surface area contributed by atoms with Gasteiger partial charge in [-0.3, -0.25) is 9.59 Å². The van der Waals surface area contributed by atoms with Crippen molar-refractivity contribution in [1.82, 2.24) is 4.57 Å². The molecule has 9 nitrogen and oxygen atoms in total. The number of carbonyl (C=O) groups excluding carboxylic acids is 2. The second kappa shape index (κ2) is 9.64. The standard InChI is InChI=1S/C24H24N2O7/c1-3-30-24(29)15(2)33-19-6-4-5-18-17(19)9-10-26(23(18)28)14-22(27)25-16-7-8-20-21(13-16)32-12-11-31-20/h4-10,13,15H,3,11-12,14H2,1-2H3,(H,25,27)/t15-/m1/s1. The number of pyridine rings is 1. The second-order valence-electron chi connectivity index (χ2n) is 7.38. The third-order valence-electron chi connectivity index (χ3n) is 5.04. The lowest BCUT2D eigenvalue weighted by Gasteiger charge is -2.19. The number of nitrogens with zero attached hydrogens (tertiary/aromatic N) is 1. The molecule has 0 saturated heterocycles. The van der Waals surface area contributed by atoms with Gasteiger partial charge in [-0.2, -0.15) is 0 Å². The highest BCUT2D eigenvalue weighted by molar-refractivity contribution is 5.92. The number of esters is 1. The van der Waals surface area contributed by atoms with Gasteiger partial charge in [0, 0.05) is 23.3 Å². The molecule has 172 valence electrons. The van der Waals surface area contributed by atoms with Crippen LogP contribution in [0.4, 0.5) is 5.69 Å². The Morgan fingerprint density at radius 2 is 1.88 bits per heavy atom. The molecule has 9 heteroatoms. The number of nitrogens with one attached hydrogen (secondary N) is 1. The summed E-state index contributed by atoms with van der Waals surface area (Å²) in [6, 6.07) is 11.8. The zero-order valence-corrected chi connectivity index (χ0v) is 18.3. The van der Waals surface area contributed by atoms with Gasteiger partial charge in [0.15, 0.2) is 17.6 Å². The highest BCUT2D eigenvalue weighted by atomic mass is 16.6. The van der Waals surface area contributed by atoms with Crippen LogP contribution in [0.3, 0.4) is 0 Å². The molecule has 0 radical (unpaired) electrons. The summed E-state index contributed by atoms with van der Waals surface area (Å²) in [7, 11) is 0. The van der Waals surface area contributed by atoms with Crippen molar-refractivity contribution in [3.05, 3.63) is 59.0 Å². The zero-order valence-electron chi connectivity index (χ0n) is 18.3. The summed E-state index contributed by atoms with van der Waals surface area (Å²) in [6.45, 7) is 4.31. The van der Waals surface area contributed by atoms with E-state index in [4.69, 9.17) is 18.9 Å². The molecule has 1 atom stereocenters. The summed E-state index contributed by atoms with van der Waals surface area (Å²) >= 11 is 0. The van der Waals surface area contributed by atoms with Crippen molar-refractivity contribution in [2.24, 2.45) is 0 Å². The van der Waals surface area contributed by atoms with Gasteiger partial charge in [-0.15, -0.1) is 0 Å². The molecule has 1 aliphatic heterocycles. The van der Waals surface area contributed by atoms with Gasteiger partial charge in [0.05, 0.1) is 12.0 Å². The van der Waals surface area contributed by atoms with Crippen molar-refractivity contribution >= 4 is 28.3 Å². The van der Waals surface area contributed by atoms with Crippen LogP contribution >= 0.6 is 0 Å². The molecule has 3 aromatic rings. The van der Waals surface area contributed by atoms with E-state index in [0.717, 1.165) is 0 Å². The maximum Gasteiger partial charge on any atom is 0.347 e. The molecule has 1 amide bonds. The minimum absolute atomic E-state index is 0.173. The van der Waals surface area contributed by atoms with Crippen LogP contribution in [0.2, 0.25) is 0 Å². The highest BCUT2D eigenvalue weighted by Crippen LogP contribution is 2.32. The Hall–Kier alpha value is -4.01. The van der Waals surface area contributed by atoms with E-state index >= 15 is 0 Å². The Morgan fingerprint density at radius 1 is 1.09 bits per heavy atom. The molecule has 0 aliphatic carbocycles. The molecule has 0 unspecified atom stereocenters. The first kappa shape index (κ1) is 22.2. The predicted octanol–water partition coefficient (Wildman–Crippen LogP) is 2.74. The van der Waals surface area contributed by atoms with E-state index < -0.39 is 12.1 Å². The number of anilines is 1. The summed E-state index contributed by atoms with van der Waals surface area (Å²) in [5.74, 6) is 0.722. The van der Waals surface area contributed by atoms with Gasteiger partial charge in [0.2, 0.25) is 5.91 Å². The van der Waals surface area contributed by atoms with Gasteiger partial charge in [-0.1, -0.05) is 6.07 Å². The predicted molar refractivity (Wildman–Crippen MR) is 121 cm³/mol. The first-order valence-electron chi connectivity index (χ1n) is 10.6. The van der Waals surface area contributed by atoms with E-state index in [2.05, 4.69) is 5.32 Å². The Balaban J connectivity index is 1.50. The van der Waals surface area contributed by atoms with E-state index in [0.29, 0.717) is 46.9 Å². The SMILES string of the molecule is CCOC(=O)[C@@H](C)Oc1cccc2c(=O)n(CC(=O)Nc3ccc4c(c3)OCCO4)ccc12. The van der Waals surface area contributed by atoms with E-state index in [1.165, 1.54) is 10.8 Å². The number of hydrogen-bond acceptors (Lipinski definition) is 7. The van der Waals surface area contributed by atoms with Crippen LogP contribution in [0.25, 0.3) is 10.8 Å². The molecule has 2 aromatic carbocycles. The van der Waals surface area contributed by atoms with Crippen molar-refractivity contribution in [1.29, 1.82) is 0 Å². The van der Waals surface area contributed by atoms with Crippen LogP contribution in [0.1, 0.15) is 13.8 Å². The van der Waals surface area contributed by atoms with Crippen molar-refractivity contribution in [3.8, 4) is 17.2 Å². The molecule has 1 N–H and O–H groups in total. The lowest BCUT2D eigenvalue weighted by Crippen LogP contribution is -2.28. The largest absolute Gasteiger partial charge is 0.486 e. The van der Waals surface area contributed by atoms with Gasteiger partial charge >= 0.3 is 5.97 Å². The Labute approximate surface area is 189 Å². The summed E-state index contributed by atoms with van der Waals surface area (Å²) in [5.41, 5.74) is 0.195. The summed E-state index contributed by atoms with van der Waals surface area (Å²) in [5, 5.41) is 3.68. The quantitative estimate of drug-likeness (QED) is 0.550. The Kier molecular flexibility index (Phi) is 6.48. The van der Waals surface area contributed by atoms with Crippen LogP contribution in [-0.2, 0) is 20.9 Å². The maximum absolute atomic E-state index is 13.0. The van der Waals surface area contributed by atoms with E-state index in [1.54, 1.807) is 56.3 Å². The van der Waals surface area contributed by atoms with Crippen LogP contribution < -0.4 is 25.1 Å².